The van der Waals surface area contributed by atoms with Crippen molar-refractivity contribution < 1.29 is 32.2 Å². The quantitative estimate of drug-likeness (QED) is 0.503. The molecule has 1 aromatic carbocycles. The van der Waals surface area contributed by atoms with Crippen molar-refractivity contribution >= 4 is 21.7 Å². The third kappa shape index (κ3) is 4.52. The lowest BCUT2D eigenvalue weighted by Gasteiger charge is -2.41. The molecule has 0 spiro atoms. The first-order valence-corrected chi connectivity index (χ1v) is 12.6. The first kappa shape index (κ1) is 26.1. The van der Waals surface area contributed by atoms with Gasteiger partial charge < -0.3 is 14.4 Å². The summed E-state index contributed by atoms with van der Waals surface area (Å²) >= 11 is 0. The third-order valence-electron chi connectivity index (χ3n) is 6.22. The predicted octanol–water partition coefficient (Wildman–Crippen LogP) is 3.67. The minimum absolute atomic E-state index is 0.203. The van der Waals surface area contributed by atoms with Gasteiger partial charge in [0.05, 0.1) is 35.0 Å². The monoisotopic (exact) mass is 534 g/mol. The normalized spacial score (nSPS) is 22.7. The van der Waals surface area contributed by atoms with Gasteiger partial charge in [0, 0.05) is 24.2 Å². The summed E-state index contributed by atoms with van der Waals surface area (Å²) in [4.78, 5) is 24.0. The zero-order valence-electron chi connectivity index (χ0n) is 20.4. The predicted molar refractivity (Wildman–Crippen MR) is 131 cm³/mol. The second-order valence-electron chi connectivity index (χ2n) is 8.75. The molecular formula is C23H24F2N6O5S. The Morgan fingerprint density at radius 2 is 2.00 bits per heavy atom. The van der Waals surface area contributed by atoms with E-state index in [2.05, 4.69) is 29.8 Å². The molecule has 0 saturated carbocycles. The molecular weight excluding hydrogens is 510 g/mol. The smallest absolute Gasteiger partial charge is 0.410 e. The lowest BCUT2D eigenvalue weighted by atomic mass is 9.90. The van der Waals surface area contributed by atoms with Crippen LogP contribution in [0.25, 0.3) is 22.8 Å². The van der Waals surface area contributed by atoms with Gasteiger partial charge in [-0.2, -0.15) is 0 Å². The van der Waals surface area contributed by atoms with Crippen molar-refractivity contribution in [2.45, 2.75) is 24.1 Å². The highest BCUT2D eigenvalue weighted by Gasteiger charge is 2.51. The van der Waals surface area contributed by atoms with Crippen LogP contribution in [0.4, 0.5) is 13.6 Å². The molecule has 0 radical (unpaired) electrons. The molecule has 3 aromatic rings. The molecule has 4 rings (SSSR count). The Balaban J connectivity index is 1.83. The average molecular weight is 535 g/mol. The molecule has 14 heteroatoms. The van der Waals surface area contributed by atoms with Gasteiger partial charge in [0.2, 0.25) is 0 Å². The Morgan fingerprint density at radius 1 is 1.30 bits per heavy atom. The molecule has 37 heavy (non-hydrogen) atoms. The Bertz CT molecular complexity index is 1500. The second kappa shape index (κ2) is 9.50. The number of methoxy groups -OCH3 is 1. The summed E-state index contributed by atoms with van der Waals surface area (Å²) in [6, 6.07) is 5.33. The zero-order chi connectivity index (χ0) is 27.0. The fourth-order valence-corrected chi connectivity index (χ4v) is 6.28. The van der Waals surface area contributed by atoms with Gasteiger partial charge in [-0.25, -0.2) is 32.1 Å². The van der Waals surface area contributed by atoms with E-state index < -0.39 is 44.4 Å². The fourth-order valence-electron chi connectivity index (χ4n) is 3.99. The average Bonchev–Trinajstić information content (AvgIpc) is 3.37. The molecule has 1 aliphatic rings. The van der Waals surface area contributed by atoms with Crippen LogP contribution in [0.3, 0.4) is 0 Å². The van der Waals surface area contributed by atoms with Crippen molar-refractivity contribution in [1.29, 1.82) is 0 Å². The summed E-state index contributed by atoms with van der Waals surface area (Å²) < 4.78 is 56.9. The first-order valence-electron chi connectivity index (χ1n) is 10.9. The molecule has 11 nitrogen and oxygen atoms in total. The van der Waals surface area contributed by atoms with Crippen LogP contribution in [0.5, 0.6) is 5.75 Å². The second-order valence-corrected chi connectivity index (χ2v) is 11.7. The van der Waals surface area contributed by atoms with E-state index in [0.29, 0.717) is 17.0 Å². The number of nitrogens with zero attached hydrogens (tertiary/aromatic N) is 5. The minimum Gasteiger partial charge on any atom is -0.494 e. The van der Waals surface area contributed by atoms with Crippen LogP contribution >= 0.6 is 0 Å². The van der Waals surface area contributed by atoms with Crippen molar-refractivity contribution in [1.82, 2.24) is 20.4 Å². The van der Waals surface area contributed by atoms with Crippen molar-refractivity contribution in [2.24, 2.45) is 9.36 Å². The van der Waals surface area contributed by atoms with Crippen LogP contribution < -0.4 is 10.1 Å². The SMILES string of the molecule is CN=[S@]1(=O)C[C@@](CF)(c2cc(-c3cc(-c4ncc(OC)cn4)no3)ccc2F)N=C(NC(=O)O)C1(C)C. The van der Waals surface area contributed by atoms with Gasteiger partial charge in [-0.3, -0.25) is 10.3 Å². The van der Waals surface area contributed by atoms with Gasteiger partial charge in [0.15, 0.2) is 23.0 Å². The van der Waals surface area contributed by atoms with Crippen molar-refractivity contribution in [2.75, 3.05) is 26.6 Å². The number of alkyl halides is 1. The Hall–Kier alpha value is -3.94. The maximum Gasteiger partial charge on any atom is 0.410 e. The zero-order valence-corrected chi connectivity index (χ0v) is 21.2. The highest BCUT2D eigenvalue weighted by atomic mass is 32.2. The Labute approximate surface area is 211 Å². The van der Waals surface area contributed by atoms with E-state index in [1.54, 1.807) is 0 Å². The van der Waals surface area contributed by atoms with E-state index in [9.17, 15) is 18.5 Å². The number of aliphatic imine (C=N–C) groups is 1. The van der Waals surface area contributed by atoms with Crippen molar-refractivity contribution in [3.05, 3.63) is 48.0 Å². The number of rotatable bonds is 5. The van der Waals surface area contributed by atoms with E-state index >= 15 is 4.39 Å². The first-order chi connectivity index (χ1) is 17.5. The number of halogens is 2. The highest BCUT2D eigenvalue weighted by molar-refractivity contribution is 7.95. The van der Waals surface area contributed by atoms with Crippen LogP contribution in [0, 0.1) is 5.82 Å². The molecule has 0 saturated heterocycles. The molecule has 1 amide bonds. The van der Waals surface area contributed by atoms with E-state index in [-0.39, 0.29) is 23.0 Å². The van der Waals surface area contributed by atoms with E-state index in [1.165, 1.54) is 58.6 Å². The molecule has 196 valence electrons. The van der Waals surface area contributed by atoms with Gasteiger partial charge >= 0.3 is 6.09 Å². The summed E-state index contributed by atoms with van der Waals surface area (Å²) in [7, 11) is -0.529. The summed E-state index contributed by atoms with van der Waals surface area (Å²) in [5.41, 5.74) is -1.62. The van der Waals surface area contributed by atoms with Gasteiger partial charge in [-0.1, -0.05) is 5.16 Å². The number of carbonyl (C=O) groups is 1. The number of amides is 1. The van der Waals surface area contributed by atoms with Crippen molar-refractivity contribution in [3.8, 4) is 28.6 Å². The highest BCUT2D eigenvalue weighted by Crippen LogP contribution is 2.41. The maximum atomic E-state index is 15.2. The van der Waals surface area contributed by atoms with Gasteiger partial charge in [-0.15, -0.1) is 0 Å². The Morgan fingerprint density at radius 3 is 2.59 bits per heavy atom. The van der Waals surface area contributed by atoms with Crippen LogP contribution in [0.15, 0.2) is 50.5 Å². The maximum absolute atomic E-state index is 15.2. The number of nitrogens with one attached hydrogen (secondary N) is 1. The topological polar surface area (TPSA) is 152 Å². The van der Waals surface area contributed by atoms with Gasteiger partial charge in [0.25, 0.3) is 0 Å². The fraction of sp³-hybridized carbons (Fsp3) is 0.348. The molecule has 0 unspecified atom stereocenters. The summed E-state index contributed by atoms with van der Waals surface area (Å²) in [6.07, 6.45) is 1.43. The number of benzene rings is 1. The van der Waals surface area contributed by atoms with Crippen molar-refractivity contribution in [3.63, 3.8) is 0 Å². The van der Waals surface area contributed by atoms with Gasteiger partial charge in [-0.05, 0) is 32.0 Å². The number of amidine groups is 1. The molecule has 2 N–H and O–H groups in total. The van der Waals surface area contributed by atoms with E-state index in [0.717, 1.165) is 6.07 Å². The number of hydrogen-bond donors (Lipinski definition) is 2. The lowest BCUT2D eigenvalue weighted by Crippen LogP contribution is -2.58. The van der Waals surface area contributed by atoms with E-state index in [1.807, 2.05) is 0 Å². The summed E-state index contributed by atoms with van der Waals surface area (Å²) in [5, 5.41) is 15.4. The standard InChI is InChI=1S/C23H24F2N6O5S/c1-22(2)20(29-21(32)33)30-23(11-24,12-37(22,34)26-3)15-7-13(5-6-16(15)25)18-8-17(31-36-18)19-27-9-14(35-4)10-28-19/h5-10H,11-12H2,1-4H3,(H,29,30)(H,32,33)/t23-,37-/m0/s1. The van der Waals surface area contributed by atoms with E-state index in [4.69, 9.17) is 9.26 Å². The molecule has 0 fully saturated rings. The molecule has 0 aliphatic carbocycles. The Kier molecular flexibility index (Phi) is 6.71. The van der Waals surface area contributed by atoms with Crippen LogP contribution in [0.1, 0.15) is 19.4 Å². The van der Waals surface area contributed by atoms with Crippen LogP contribution in [-0.2, 0) is 15.3 Å². The molecule has 3 heterocycles. The lowest BCUT2D eigenvalue weighted by molar-refractivity contribution is 0.199. The number of ether oxygens (including phenoxy) is 1. The number of aromatic nitrogens is 3. The number of hydrogen-bond acceptors (Lipinski definition) is 9. The summed E-state index contributed by atoms with van der Waals surface area (Å²) in [5.74, 6) is -0.651. The number of carboxylic acid groups (broad SMARTS) is 1. The van der Waals surface area contributed by atoms with Crippen LogP contribution in [-0.4, -0.2) is 67.7 Å². The third-order valence-corrected chi connectivity index (χ3v) is 9.47. The minimum atomic E-state index is -3.30. The molecule has 0 bridgehead atoms. The largest absolute Gasteiger partial charge is 0.494 e. The molecule has 2 aromatic heterocycles. The summed E-state index contributed by atoms with van der Waals surface area (Å²) in [6.45, 7) is 1.72. The van der Waals surface area contributed by atoms with Crippen LogP contribution in [0.2, 0.25) is 0 Å². The van der Waals surface area contributed by atoms with Gasteiger partial charge in [0.1, 0.15) is 28.6 Å². The molecule has 2 atom stereocenters. The molecule has 1 aliphatic heterocycles.